The molecule has 0 unspecified atom stereocenters. The van der Waals surface area contributed by atoms with Gasteiger partial charge in [-0.1, -0.05) is 44.2 Å². The van der Waals surface area contributed by atoms with Crippen molar-refractivity contribution in [1.29, 1.82) is 0 Å². The first-order valence-corrected chi connectivity index (χ1v) is 16.9. The van der Waals surface area contributed by atoms with E-state index in [-0.39, 0.29) is 24.8 Å². The molecule has 0 bridgehead atoms. The monoisotopic (exact) mass is 640 g/mol. The largest absolute Gasteiger partial charge is 0.349 e. The second kappa shape index (κ2) is 15.9. The van der Waals surface area contributed by atoms with Crippen molar-refractivity contribution < 1.29 is 24.0 Å². The highest BCUT2D eigenvalue weighted by atomic mass is 32.2. The minimum atomic E-state index is -0.956. The molecule has 4 N–H and O–H groups in total. The number of aryl methyl sites for hydroxylation is 1. The lowest BCUT2D eigenvalue weighted by atomic mass is 10.0. The summed E-state index contributed by atoms with van der Waals surface area (Å²) in [5.41, 5.74) is 0.918. The van der Waals surface area contributed by atoms with Gasteiger partial charge in [0.1, 0.15) is 30.5 Å². The minimum Gasteiger partial charge on any atom is -0.349 e. The number of carbonyl (C=O) groups is 5. The molecule has 4 rings (SSSR count). The second-order valence-electron chi connectivity index (χ2n) is 12.0. The Hall–Kier alpha value is -3.94. The van der Waals surface area contributed by atoms with E-state index in [4.69, 9.17) is 0 Å². The lowest BCUT2D eigenvalue weighted by Crippen LogP contribution is -2.57. The molecule has 1 saturated heterocycles. The van der Waals surface area contributed by atoms with Gasteiger partial charge in [0.15, 0.2) is 0 Å². The fourth-order valence-electron chi connectivity index (χ4n) is 5.55. The van der Waals surface area contributed by atoms with Crippen LogP contribution in [0, 0.1) is 5.92 Å². The molecule has 2 aromatic rings. The van der Waals surface area contributed by atoms with E-state index in [0.717, 1.165) is 24.2 Å². The Balaban J connectivity index is 1.71. The summed E-state index contributed by atoms with van der Waals surface area (Å²) in [5, 5.41) is 19.7. The lowest BCUT2D eigenvalue weighted by Gasteiger charge is -2.29. The molecule has 0 radical (unpaired) electrons. The number of hydrogen-bond acceptors (Lipinski definition) is 8. The maximum atomic E-state index is 14.1. The summed E-state index contributed by atoms with van der Waals surface area (Å²) in [6.45, 7) is 5.36. The van der Waals surface area contributed by atoms with Crippen LogP contribution in [0.3, 0.4) is 0 Å². The highest BCUT2D eigenvalue weighted by Gasteiger charge is 2.34. The van der Waals surface area contributed by atoms with Gasteiger partial charge in [0.05, 0.1) is 6.04 Å². The Morgan fingerprint density at radius 2 is 1.73 bits per heavy atom. The number of nitrogens with one attached hydrogen (secondary N) is 4. The van der Waals surface area contributed by atoms with Crippen LogP contribution in [-0.4, -0.2) is 98.5 Å². The summed E-state index contributed by atoms with van der Waals surface area (Å²) < 4.78 is 1.79. The van der Waals surface area contributed by atoms with Gasteiger partial charge in [-0.3, -0.25) is 24.0 Å². The van der Waals surface area contributed by atoms with Gasteiger partial charge in [-0.05, 0) is 56.1 Å². The molecule has 0 spiro atoms. The first-order valence-electron chi connectivity index (χ1n) is 15.5. The van der Waals surface area contributed by atoms with Crippen molar-refractivity contribution >= 4 is 41.3 Å². The molecule has 4 atom stereocenters. The summed E-state index contributed by atoms with van der Waals surface area (Å²) in [7, 11) is 0. The summed E-state index contributed by atoms with van der Waals surface area (Å²) in [6, 6.07) is 6.09. The van der Waals surface area contributed by atoms with Crippen molar-refractivity contribution in [1.82, 2.24) is 40.9 Å². The molecule has 3 heterocycles. The van der Waals surface area contributed by atoms with Crippen LogP contribution in [0.1, 0.15) is 62.0 Å². The van der Waals surface area contributed by atoms with Crippen LogP contribution in [0.5, 0.6) is 0 Å². The summed E-state index contributed by atoms with van der Waals surface area (Å²) in [5.74, 6) is -1.36. The number of carbonyl (C=O) groups excluding carboxylic acids is 5. The number of thioether (sulfide) groups is 1. The smallest absolute Gasteiger partial charge is 0.292 e. The molecule has 13 nitrogen and oxygen atoms in total. The van der Waals surface area contributed by atoms with Crippen molar-refractivity contribution in [3.05, 3.63) is 47.5 Å². The zero-order chi connectivity index (χ0) is 32.5. The molecule has 0 aliphatic carbocycles. The topological polar surface area (TPSA) is 167 Å². The van der Waals surface area contributed by atoms with E-state index < -0.39 is 53.7 Å². The van der Waals surface area contributed by atoms with E-state index in [1.165, 1.54) is 16.7 Å². The molecule has 1 fully saturated rings. The van der Waals surface area contributed by atoms with E-state index in [0.29, 0.717) is 31.6 Å². The van der Waals surface area contributed by atoms with Crippen molar-refractivity contribution in [3.63, 3.8) is 0 Å². The Morgan fingerprint density at radius 3 is 2.44 bits per heavy atom. The van der Waals surface area contributed by atoms with E-state index in [1.54, 1.807) is 25.3 Å². The predicted molar refractivity (Wildman–Crippen MR) is 170 cm³/mol. The fourth-order valence-corrected chi connectivity index (χ4v) is 6.02. The van der Waals surface area contributed by atoms with Crippen LogP contribution in [0.4, 0.5) is 0 Å². The SMILES string of the molecule is CSCC[C@@H]1NC(=O)[C@H](C(C)C)NC(=O)CN(C(=O)c2nnc3n2CCCC3)C[C@@H](Cc2ccccc2)NC(=O)[C@H](C)NC1=O. The number of benzene rings is 1. The van der Waals surface area contributed by atoms with E-state index in [1.807, 2.05) is 36.6 Å². The normalized spacial score (nSPS) is 23.6. The third-order valence-electron chi connectivity index (χ3n) is 8.05. The average Bonchev–Trinajstić information content (AvgIpc) is 3.45. The van der Waals surface area contributed by atoms with Gasteiger partial charge in [-0.2, -0.15) is 11.8 Å². The number of aromatic nitrogens is 3. The molecule has 2 aliphatic heterocycles. The molecule has 244 valence electrons. The van der Waals surface area contributed by atoms with Gasteiger partial charge < -0.3 is 30.7 Å². The van der Waals surface area contributed by atoms with Gasteiger partial charge in [0, 0.05) is 19.5 Å². The van der Waals surface area contributed by atoms with Crippen molar-refractivity contribution in [2.24, 2.45) is 5.92 Å². The molecule has 5 amide bonds. The highest BCUT2D eigenvalue weighted by Crippen LogP contribution is 2.17. The van der Waals surface area contributed by atoms with Crippen LogP contribution in [0.2, 0.25) is 0 Å². The zero-order valence-electron chi connectivity index (χ0n) is 26.4. The third kappa shape index (κ3) is 9.05. The van der Waals surface area contributed by atoms with Crippen LogP contribution in [0.15, 0.2) is 30.3 Å². The van der Waals surface area contributed by atoms with Crippen molar-refractivity contribution in [2.45, 2.75) is 83.6 Å². The number of fused-ring (bicyclic) bond motifs is 1. The molecule has 45 heavy (non-hydrogen) atoms. The predicted octanol–water partition coefficient (Wildman–Crippen LogP) is 0.681. The zero-order valence-corrected chi connectivity index (χ0v) is 27.2. The van der Waals surface area contributed by atoms with Crippen molar-refractivity contribution in [3.8, 4) is 0 Å². The summed E-state index contributed by atoms with van der Waals surface area (Å²) >= 11 is 1.53. The first kappa shape index (κ1) is 33.9. The second-order valence-corrected chi connectivity index (χ2v) is 13.0. The summed E-state index contributed by atoms with van der Waals surface area (Å²) in [6.07, 6.45) is 5.14. The molecule has 1 aromatic heterocycles. The molecule has 2 aliphatic rings. The Kier molecular flexibility index (Phi) is 12.0. The van der Waals surface area contributed by atoms with Gasteiger partial charge in [0.2, 0.25) is 29.5 Å². The highest BCUT2D eigenvalue weighted by molar-refractivity contribution is 7.98. The molecular weight excluding hydrogens is 596 g/mol. The molecular formula is C31H44N8O5S. The quantitative estimate of drug-likeness (QED) is 0.343. The Morgan fingerprint density at radius 1 is 0.978 bits per heavy atom. The number of hydrogen-bond donors (Lipinski definition) is 4. The Labute approximate surface area is 268 Å². The average molecular weight is 641 g/mol. The standard InChI is InChI=1S/C31H44N8O5S/c1-19(2)26-30(43)34-23(13-15-45-4)29(42)32-20(3)28(41)33-22(16-21-10-6-5-7-11-21)17-38(18-25(40)35-26)31(44)27-37-36-24-12-8-9-14-39(24)27/h5-7,10-11,19-20,22-23,26H,8-9,12-18H2,1-4H3,(H,32,42)(H,33,41)(H,34,43)(H,35,40)/t20-,22+,23-,26-/m0/s1. The summed E-state index contributed by atoms with van der Waals surface area (Å²) in [4.78, 5) is 69.1. The van der Waals surface area contributed by atoms with Crippen LogP contribution >= 0.6 is 11.8 Å². The molecule has 14 heteroatoms. The van der Waals surface area contributed by atoms with Gasteiger partial charge in [0.25, 0.3) is 5.91 Å². The van der Waals surface area contributed by atoms with Crippen LogP contribution in [0.25, 0.3) is 0 Å². The third-order valence-corrected chi connectivity index (χ3v) is 8.69. The number of amides is 5. The Bertz CT molecular complexity index is 1370. The van der Waals surface area contributed by atoms with Crippen LogP contribution < -0.4 is 21.3 Å². The number of rotatable bonds is 7. The van der Waals surface area contributed by atoms with Gasteiger partial charge in [-0.15, -0.1) is 10.2 Å². The minimum absolute atomic E-state index is 0.0232. The van der Waals surface area contributed by atoms with E-state index >= 15 is 0 Å². The van der Waals surface area contributed by atoms with Crippen molar-refractivity contribution in [2.75, 3.05) is 25.1 Å². The molecule has 1 aromatic carbocycles. The number of nitrogens with zero attached hydrogens (tertiary/aromatic N) is 4. The van der Waals surface area contributed by atoms with Crippen LogP contribution in [-0.2, 0) is 38.6 Å². The maximum absolute atomic E-state index is 14.1. The maximum Gasteiger partial charge on any atom is 0.292 e. The van der Waals surface area contributed by atoms with Gasteiger partial charge in [-0.25, -0.2) is 0 Å². The molecule has 0 saturated carbocycles. The van der Waals surface area contributed by atoms with E-state index in [2.05, 4.69) is 31.5 Å². The first-order chi connectivity index (χ1) is 21.6. The lowest BCUT2D eigenvalue weighted by molar-refractivity contribution is -0.134. The fraction of sp³-hybridized carbons (Fsp3) is 0.581. The van der Waals surface area contributed by atoms with Gasteiger partial charge >= 0.3 is 0 Å². The van der Waals surface area contributed by atoms with E-state index in [9.17, 15) is 24.0 Å².